The largest absolute Gasteiger partial charge is 0.493 e. The third-order valence-electron chi connectivity index (χ3n) is 4.57. The molecule has 1 aliphatic heterocycles. The summed E-state index contributed by atoms with van der Waals surface area (Å²) < 4.78 is 10.7. The molecule has 1 aromatic heterocycles. The topological polar surface area (TPSA) is 63.7 Å². The summed E-state index contributed by atoms with van der Waals surface area (Å²) in [5.74, 6) is 1.36. The van der Waals surface area contributed by atoms with Crippen molar-refractivity contribution in [3.63, 3.8) is 0 Å². The van der Waals surface area contributed by atoms with E-state index in [1.165, 1.54) is 5.56 Å². The van der Waals surface area contributed by atoms with Crippen LogP contribution < -0.4 is 14.8 Å². The monoisotopic (exact) mass is 355 g/mol. The van der Waals surface area contributed by atoms with Crippen LogP contribution in [0, 0.1) is 0 Å². The zero-order valence-corrected chi connectivity index (χ0v) is 15.5. The van der Waals surface area contributed by atoms with Gasteiger partial charge in [0.2, 0.25) is 0 Å². The second kappa shape index (κ2) is 8.08. The maximum absolute atomic E-state index is 12.8. The van der Waals surface area contributed by atoms with E-state index in [1.54, 1.807) is 26.5 Å². The molecule has 3 rings (SSSR count). The predicted molar refractivity (Wildman–Crippen MR) is 101 cm³/mol. The van der Waals surface area contributed by atoms with Crippen LogP contribution in [0.4, 0.5) is 5.69 Å². The number of fused-ring (bicyclic) bond motifs is 1. The van der Waals surface area contributed by atoms with Gasteiger partial charge in [-0.2, -0.15) is 0 Å². The minimum atomic E-state index is -0.0486. The van der Waals surface area contributed by atoms with Gasteiger partial charge < -0.3 is 19.7 Å². The van der Waals surface area contributed by atoms with Crippen molar-refractivity contribution >= 4 is 11.6 Å². The molecule has 0 unspecified atom stereocenters. The molecule has 1 aromatic carbocycles. The summed E-state index contributed by atoms with van der Waals surface area (Å²) >= 11 is 0. The number of nitrogens with zero attached hydrogens (tertiary/aromatic N) is 2. The number of carbonyl (C=O) groups is 1. The van der Waals surface area contributed by atoms with E-state index < -0.39 is 0 Å². The van der Waals surface area contributed by atoms with Gasteiger partial charge >= 0.3 is 0 Å². The average molecular weight is 355 g/mol. The minimum Gasteiger partial charge on any atom is -0.493 e. The number of methoxy groups -OCH3 is 2. The van der Waals surface area contributed by atoms with Crippen molar-refractivity contribution in [2.24, 2.45) is 0 Å². The Bertz CT molecular complexity index is 775. The lowest BCUT2D eigenvalue weighted by molar-refractivity contribution is 0.0728. The number of ether oxygens (including phenoxy) is 2. The van der Waals surface area contributed by atoms with Crippen molar-refractivity contribution in [1.82, 2.24) is 9.88 Å². The van der Waals surface area contributed by atoms with Crippen LogP contribution in [0.5, 0.6) is 11.5 Å². The van der Waals surface area contributed by atoms with Gasteiger partial charge in [0, 0.05) is 19.6 Å². The molecule has 6 nitrogen and oxygen atoms in total. The number of rotatable bonds is 6. The van der Waals surface area contributed by atoms with E-state index in [4.69, 9.17) is 9.47 Å². The number of amides is 1. The van der Waals surface area contributed by atoms with E-state index >= 15 is 0 Å². The number of benzene rings is 1. The fraction of sp³-hybridized carbons (Fsp3) is 0.400. The van der Waals surface area contributed by atoms with E-state index in [2.05, 4.69) is 17.2 Å². The van der Waals surface area contributed by atoms with Gasteiger partial charge in [0.25, 0.3) is 5.91 Å². The molecule has 2 aromatic rings. The summed E-state index contributed by atoms with van der Waals surface area (Å²) in [7, 11) is 3.25. The van der Waals surface area contributed by atoms with E-state index in [-0.39, 0.29) is 5.91 Å². The fourth-order valence-electron chi connectivity index (χ4n) is 3.11. The molecule has 0 bridgehead atoms. The first-order valence-corrected chi connectivity index (χ1v) is 8.89. The summed E-state index contributed by atoms with van der Waals surface area (Å²) in [6, 6.07) is 7.65. The third kappa shape index (κ3) is 3.74. The first-order chi connectivity index (χ1) is 12.7. The van der Waals surface area contributed by atoms with E-state index in [0.717, 1.165) is 36.4 Å². The summed E-state index contributed by atoms with van der Waals surface area (Å²) in [6.07, 6.45) is 3.55. The summed E-state index contributed by atoms with van der Waals surface area (Å²) in [4.78, 5) is 19.0. The molecule has 0 saturated carbocycles. The standard InChI is InChI=1S/C20H25N3O3/c1-4-8-21-16-5-6-17(22-12-16)20(24)23-9-7-14-10-18(25-2)19(26-3)11-15(14)13-23/h5-6,10-12,21H,4,7-9,13H2,1-3H3. The van der Waals surface area contributed by atoms with Gasteiger partial charge in [0.05, 0.1) is 26.1 Å². The Morgan fingerprint density at radius 2 is 1.92 bits per heavy atom. The molecule has 1 amide bonds. The molecule has 0 aliphatic carbocycles. The quantitative estimate of drug-likeness (QED) is 0.862. The first kappa shape index (κ1) is 18.0. The number of hydrogen-bond donors (Lipinski definition) is 1. The summed E-state index contributed by atoms with van der Waals surface area (Å²) in [6.45, 7) is 4.21. The summed E-state index contributed by atoms with van der Waals surface area (Å²) in [5.41, 5.74) is 3.68. The highest BCUT2D eigenvalue weighted by Gasteiger charge is 2.24. The molecule has 26 heavy (non-hydrogen) atoms. The SMILES string of the molecule is CCCNc1ccc(C(=O)N2CCc3cc(OC)c(OC)cc3C2)nc1. The van der Waals surface area contributed by atoms with Crippen molar-refractivity contribution in [1.29, 1.82) is 0 Å². The van der Waals surface area contributed by atoms with Gasteiger partial charge in [0.1, 0.15) is 5.69 Å². The molecule has 0 atom stereocenters. The van der Waals surface area contributed by atoms with E-state index in [0.29, 0.717) is 24.5 Å². The van der Waals surface area contributed by atoms with Crippen molar-refractivity contribution in [2.45, 2.75) is 26.3 Å². The van der Waals surface area contributed by atoms with Crippen LogP contribution in [0.15, 0.2) is 30.5 Å². The molecular formula is C20H25N3O3. The molecule has 0 fully saturated rings. The van der Waals surface area contributed by atoms with Gasteiger partial charge in [-0.15, -0.1) is 0 Å². The first-order valence-electron chi connectivity index (χ1n) is 8.89. The van der Waals surface area contributed by atoms with Crippen LogP contribution in [0.25, 0.3) is 0 Å². The second-order valence-electron chi connectivity index (χ2n) is 6.31. The lowest BCUT2D eigenvalue weighted by Crippen LogP contribution is -2.36. The van der Waals surface area contributed by atoms with Crippen LogP contribution in [0.3, 0.4) is 0 Å². The van der Waals surface area contributed by atoms with Crippen LogP contribution in [-0.4, -0.2) is 43.1 Å². The number of hydrogen-bond acceptors (Lipinski definition) is 5. The number of nitrogens with one attached hydrogen (secondary N) is 1. The second-order valence-corrected chi connectivity index (χ2v) is 6.31. The lowest BCUT2D eigenvalue weighted by Gasteiger charge is -2.29. The van der Waals surface area contributed by atoms with Crippen LogP contribution >= 0.6 is 0 Å². The number of aromatic nitrogens is 1. The highest BCUT2D eigenvalue weighted by Crippen LogP contribution is 2.33. The highest BCUT2D eigenvalue weighted by molar-refractivity contribution is 5.92. The predicted octanol–water partition coefficient (Wildman–Crippen LogP) is 3.12. The Labute approximate surface area is 154 Å². The minimum absolute atomic E-state index is 0.0486. The molecule has 6 heteroatoms. The Kier molecular flexibility index (Phi) is 5.61. The van der Waals surface area contributed by atoms with E-state index in [9.17, 15) is 4.79 Å². The highest BCUT2D eigenvalue weighted by atomic mass is 16.5. The van der Waals surface area contributed by atoms with Crippen LogP contribution in [-0.2, 0) is 13.0 Å². The molecule has 0 radical (unpaired) electrons. The Balaban J connectivity index is 1.74. The molecule has 1 N–H and O–H groups in total. The number of pyridine rings is 1. The van der Waals surface area contributed by atoms with E-state index in [1.807, 2.05) is 23.1 Å². The van der Waals surface area contributed by atoms with Crippen LogP contribution in [0.1, 0.15) is 35.0 Å². The Morgan fingerprint density at radius 3 is 2.54 bits per heavy atom. The normalized spacial score (nSPS) is 13.1. The maximum Gasteiger partial charge on any atom is 0.272 e. The zero-order chi connectivity index (χ0) is 18.5. The molecule has 2 heterocycles. The zero-order valence-electron chi connectivity index (χ0n) is 15.5. The molecule has 1 aliphatic rings. The molecule has 0 spiro atoms. The Hall–Kier alpha value is -2.76. The van der Waals surface area contributed by atoms with Gasteiger partial charge in [-0.3, -0.25) is 4.79 Å². The lowest BCUT2D eigenvalue weighted by atomic mass is 9.98. The third-order valence-corrected chi connectivity index (χ3v) is 4.57. The van der Waals surface area contributed by atoms with Gasteiger partial charge in [0.15, 0.2) is 11.5 Å². The van der Waals surface area contributed by atoms with Crippen molar-refractivity contribution < 1.29 is 14.3 Å². The number of carbonyl (C=O) groups excluding carboxylic acids is 1. The van der Waals surface area contributed by atoms with Crippen molar-refractivity contribution in [2.75, 3.05) is 32.6 Å². The smallest absolute Gasteiger partial charge is 0.272 e. The van der Waals surface area contributed by atoms with Gasteiger partial charge in [-0.05, 0) is 48.2 Å². The van der Waals surface area contributed by atoms with Crippen LogP contribution in [0.2, 0.25) is 0 Å². The maximum atomic E-state index is 12.8. The Morgan fingerprint density at radius 1 is 1.19 bits per heavy atom. The average Bonchev–Trinajstić information content (AvgIpc) is 2.70. The number of anilines is 1. The molecule has 138 valence electrons. The van der Waals surface area contributed by atoms with Crippen molar-refractivity contribution in [3.8, 4) is 11.5 Å². The molecular weight excluding hydrogens is 330 g/mol. The van der Waals surface area contributed by atoms with Gasteiger partial charge in [-0.1, -0.05) is 6.92 Å². The molecule has 0 saturated heterocycles. The van der Waals surface area contributed by atoms with Crippen molar-refractivity contribution in [3.05, 3.63) is 47.3 Å². The fourth-order valence-corrected chi connectivity index (χ4v) is 3.11. The summed E-state index contributed by atoms with van der Waals surface area (Å²) in [5, 5.41) is 3.26. The van der Waals surface area contributed by atoms with Gasteiger partial charge in [-0.25, -0.2) is 4.98 Å².